The fourth-order valence-electron chi connectivity index (χ4n) is 3.55. The van der Waals surface area contributed by atoms with Crippen LogP contribution in [0.2, 0.25) is 0 Å². The lowest BCUT2D eigenvalue weighted by atomic mass is 9.78. The summed E-state index contributed by atoms with van der Waals surface area (Å²) in [5, 5.41) is 13.2. The van der Waals surface area contributed by atoms with Crippen molar-refractivity contribution in [2.75, 3.05) is 13.1 Å². The van der Waals surface area contributed by atoms with Gasteiger partial charge >= 0.3 is 12.1 Å². The number of ether oxygens (including phenoxy) is 1. The zero-order valence-corrected chi connectivity index (χ0v) is 13.9. The zero-order chi connectivity index (χ0) is 17.2. The quantitative estimate of drug-likeness (QED) is 0.864. The summed E-state index contributed by atoms with van der Waals surface area (Å²) in [6.07, 6.45) is 1.57. The van der Waals surface area contributed by atoms with Gasteiger partial charge in [-0.15, -0.1) is 0 Å². The van der Waals surface area contributed by atoms with E-state index in [9.17, 15) is 14.7 Å². The third kappa shape index (κ3) is 3.11. The second kappa shape index (κ2) is 6.81. The summed E-state index contributed by atoms with van der Waals surface area (Å²) in [5.74, 6) is -1.10. The van der Waals surface area contributed by atoms with E-state index in [4.69, 9.17) is 4.74 Å². The Morgan fingerprint density at radius 2 is 2.04 bits per heavy atom. The summed E-state index contributed by atoms with van der Waals surface area (Å²) in [6.45, 7) is 3.22. The van der Waals surface area contributed by atoms with Crippen LogP contribution in [0, 0.1) is 5.92 Å². The molecule has 2 N–H and O–H groups in total. The van der Waals surface area contributed by atoms with Crippen molar-refractivity contribution in [3.8, 4) is 0 Å². The van der Waals surface area contributed by atoms with Crippen LogP contribution in [0.1, 0.15) is 31.7 Å². The molecule has 0 radical (unpaired) electrons. The average molecular weight is 332 g/mol. The lowest BCUT2D eigenvalue weighted by molar-refractivity contribution is -0.157. The maximum atomic E-state index is 12.8. The number of carboxylic acid groups (broad SMARTS) is 1. The first-order valence-electron chi connectivity index (χ1n) is 8.50. The minimum Gasteiger partial charge on any atom is -0.479 e. The van der Waals surface area contributed by atoms with Gasteiger partial charge in [-0.1, -0.05) is 37.3 Å². The van der Waals surface area contributed by atoms with Crippen molar-refractivity contribution >= 4 is 12.1 Å². The van der Waals surface area contributed by atoms with Crippen LogP contribution in [0.4, 0.5) is 4.79 Å². The number of nitrogens with zero attached hydrogens (tertiary/aromatic N) is 1. The second-order valence-electron chi connectivity index (χ2n) is 6.73. The van der Waals surface area contributed by atoms with Crippen molar-refractivity contribution < 1.29 is 19.4 Å². The minimum atomic E-state index is -1.18. The standard InChI is InChI=1S/C18H24N2O4/c1-13-11-19-10-9-18(13,16(21)22)20(15-7-8-15)17(23)24-12-14-5-3-2-4-6-14/h2-6,13,15,19H,7-12H2,1H3,(H,21,22). The van der Waals surface area contributed by atoms with E-state index in [1.807, 2.05) is 37.3 Å². The topological polar surface area (TPSA) is 78.9 Å². The molecule has 0 spiro atoms. The van der Waals surface area contributed by atoms with Gasteiger partial charge in [0.1, 0.15) is 12.1 Å². The third-order valence-corrected chi connectivity index (χ3v) is 5.06. The molecular formula is C18H24N2O4. The van der Waals surface area contributed by atoms with Crippen LogP contribution < -0.4 is 5.32 Å². The molecule has 1 saturated heterocycles. The molecule has 1 aromatic carbocycles. The van der Waals surface area contributed by atoms with E-state index in [1.54, 1.807) is 0 Å². The molecule has 130 valence electrons. The van der Waals surface area contributed by atoms with E-state index in [0.717, 1.165) is 18.4 Å². The predicted molar refractivity (Wildman–Crippen MR) is 88.5 cm³/mol. The molecule has 6 nitrogen and oxygen atoms in total. The Morgan fingerprint density at radius 3 is 2.62 bits per heavy atom. The molecule has 0 bridgehead atoms. The summed E-state index contributed by atoms with van der Waals surface area (Å²) >= 11 is 0. The van der Waals surface area contributed by atoms with Gasteiger partial charge in [-0.05, 0) is 31.4 Å². The van der Waals surface area contributed by atoms with Gasteiger partial charge in [-0.2, -0.15) is 0 Å². The normalized spacial score (nSPS) is 26.6. The molecule has 3 rings (SSSR count). The van der Waals surface area contributed by atoms with Crippen molar-refractivity contribution in [2.45, 2.75) is 44.4 Å². The van der Waals surface area contributed by atoms with Gasteiger partial charge in [-0.25, -0.2) is 9.59 Å². The first-order valence-corrected chi connectivity index (χ1v) is 8.50. The Hall–Kier alpha value is -2.08. The smallest absolute Gasteiger partial charge is 0.411 e. The molecule has 1 aliphatic heterocycles. The van der Waals surface area contributed by atoms with Crippen molar-refractivity contribution in [2.24, 2.45) is 5.92 Å². The molecule has 1 aromatic rings. The van der Waals surface area contributed by atoms with Crippen LogP contribution in [0.25, 0.3) is 0 Å². The van der Waals surface area contributed by atoms with Crippen LogP contribution in [0.3, 0.4) is 0 Å². The van der Waals surface area contributed by atoms with E-state index in [2.05, 4.69) is 5.32 Å². The molecule has 1 aliphatic carbocycles. The minimum absolute atomic E-state index is 0.0232. The second-order valence-corrected chi connectivity index (χ2v) is 6.73. The number of hydrogen-bond acceptors (Lipinski definition) is 4. The first kappa shape index (κ1) is 16.8. The molecule has 2 atom stereocenters. The number of aliphatic carboxylic acids is 1. The molecule has 1 heterocycles. The number of carbonyl (C=O) groups is 2. The molecule has 2 aliphatic rings. The summed E-state index contributed by atoms with van der Waals surface area (Å²) in [4.78, 5) is 26.5. The number of carbonyl (C=O) groups excluding carboxylic acids is 1. The number of hydrogen-bond donors (Lipinski definition) is 2. The number of carboxylic acids is 1. The highest BCUT2D eigenvalue weighted by atomic mass is 16.6. The van der Waals surface area contributed by atoms with Gasteiger partial charge in [0.25, 0.3) is 0 Å². The lowest BCUT2D eigenvalue weighted by Gasteiger charge is -2.46. The zero-order valence-electron chi connectivity index (χ0n) is 13.9. The Kier molecular flexibility index (Phi) is 4.76. The van der Waals surface area contributed by atoms with Crippen molar-refractivity contribution in [3.63, 3.8) is 0 Å². The van der Waals surface area contributed by atoms with Crippen molar-refractivity contribution in [1.82, 2.24) is 10.2 Å². The SMILES string of the molecule is CC1CNCCC1(C(=O)O)N(C(=O)OCc1ccccc1)C1CC1. The Morgan fingerprint density at radius 1 is 1.33 bits per heavy atom. The average Bonchev–Trinajstić information content (AvgIpc) is 3.40. The summed E-state index contributed by atoms with van der Waals surface area (Å²) in [5.41, 5.74) is -0.287. The molecule has 1 amide bonds. The van der Waals surface area contributed by atoms with Gasteiger partial charge in [0, 0.05) is 18.5 Å². The molecule has 2 unspecified atom stereocenters. The van der Waals surface area contributed by atoms with Gasteiger partial charge in [0.15, 0.2) is 0 Å². The first-order chi connectivity index (χ1) is 11.6. The molecule has 6 heteroatoms. The number of nitrogens with one attached hydrogen (secondary N) is 1. The Balaban J connectivity index is 1.80. The number of benzene rings is 1. The Labute approximate surface area is 141 Å². The maximum absolute atomic E-state index is 12.8. The number of piperidine rings is 1. The predicted octanol–water partition coefficient (Wildman–Crippen LogP) is 2.24. The molecule has 0 aromatic heterocycles. The maximum Gasteiger partial charge on any atom is 0.411 e. The van der Waals surface area contributed by atoms with Gasteiger partial charge in [0.05, 0.1) is 0 Å². The van der Waals surface area contributed by atoms with Crippen molar-refractivity contribution in [3.05, 3.63) is 35.9 Å². The fourth-order valence-corrected chi connectivity index (χ4v) is 3.55. The number of amides is 1. The lowest BCUT2D eigenvalue weighted by Crippen LogP contribution is -2.66. The van der Waals surface area contributed by atoms with E-state index < -0.39 is 17.6 Å². The van der Waals surface area contributed by atoms with Crippen LogP contribution in [0.5, 0.6) is 0 Å². The van der Waals surface area contributed by atoms with Gasteiger partial charge in [-0.3, -0.25) is 4.90 Å². The summed E-state index contributed by atoms with van der Waals surface area (Å²) < 4.78 is 5.47. The van der Waals surface area contributed by atoms with E-state index >= 15 is 0 Å². The monoisotopic (exact) mass is 332 g/mol. The molecule has 24 heavy (non-hydrogen) atoms. The number of rotatable bonds is 5. The summed E-state index contributed by atoms with van der Waals surface area (Å²) in [6, 6.07) is 9.41. The highest BCUT2D eigenvalue weighted by Gasteiger charge is 2.56. The van der Waals surface area contributed by atoms with Crippen LogP contribution in [-0.4, -0.2) is 46.7 Å². The highest BCUT2D eigenvalue weighted by Crippen LogP contribution is 2.40. The van der Waals surface area contributed by atoms with E-state index in [0.29, 0.717) is 19.5 Å². The molecule has 1 saturated carbocycles. The van der Waals surface area contributed by atoms with E-state index in [1.165, 1.54) is 4.90 Å². The van der Waals surface area contributed by atoms with Crippen LogP contribution >= 0.6 is 0 Å². The molecule has 2 fully saturated rings. The largest absolute Gasteiger partial charge is 0.479 e. The Bertz CT molecular complexity index is 602. The van der Waals surface area contributed by atoms with Crippen LogP contribution in [-0.2, 0) is 16.1 Å². The van der Waals surface area contributed by atoms with Gasteiger partial charge in [0.2, 0.25) is 0 Å². The third-order valence-electron chi connectivity index (χ3n) is 5.06. The molecular weight excluding hydrogens is 308 g/mol. The van der Waals surface area contributed by atoms with Crippen molar-refractivity contribution in [1.29, 1.82) is 0 Å². The summed E-state index contributed by atoms with van der Waals surface area (Å²) in [7, 11) is 0. The van der Waals surface area contributed by atoms with Gasteiger partial charge < -0.3 is 15.2 Å². The van der Waals surface area contributed by atoms with E-state index in [-0.39, 0.29) is 18.6 Å². The highest BCUT2D eigenvalue weighted by molar-refractivity contribution is 5.85. The van der Waals surface area contributed by atoms with Crippen LogP contribution in [0.15, 0.2) is 30.3 Å². The fraction of sp³-hybridized carbons (Fsp3) is 0.556.